The van der Waals surface area contributed by atoms with Gasteiger partial charge < -0.3 is 9.64 Å². The van der Waals surface area contributed by atoms with Crippen LogP contribution in [-0.2, 0) is 4.74 Å². The fourth-order valence-corrected chi connectivity index (χ4v) is 2.30. The predicted octanol–water partition coefficient (Wildman–Crippen LogP) is 2.35. The van der Waals surface area contributed by atoms with Gasteiger partial charge in [0.05, 0.1) is 19.3 Å². The van der Waals surface area contributed by atoms with Crippen LogP contribution in [0.3, 0.4) is 0 Å². The molecule has 1 aromatic rings. The lowest BCUT2D eigenvalue weighted by molar-refractivity contribution is 0.0989. The Balaban J connectivity index is 2.30. The Morgan fingerprint density at radius 2 is 2.28 bits per heavy atom. The highest BCUT2D eigenvalue weighted by atomic mass is 35.5. The van der Waals surface area contributed by atoms with Crippen molar-refractivity contribution in [3.8, 4) is 0 Å². The summed E-state index contributed by atoms with van der Waals surface area (Å²) in [5, 5.41) is 0. The van der Waals surface area contributed by atoms with Crippen molar-refractivity contribution in [2.24, 2.45) is 0 Å². The Morgan fingerprint density at radius 1 is 1.50 bits per heavy atom. The number of alkyl halides is 1. The largest absolute Gasteiger partial charge is 0.377 e. The van der Waals surface area contributed by atoms with Gasteiger partial charge in [-0.15, -0.1) is 11.6 Å². The molecule has 0 bridgehead atoms. The highest BCUT2D eigenvalue weighted by molar-refractivity contribution is 6.18. The van der Waals surface area contributed by atoms with Crippen LogP contribution in [0.2, 0.25) is 0 Å². The maximum atomic E-state index is 5.99. The van der Waals surface area contributed by atoms with Crippen LogP contribution in [0.25, 0.3) is 0 Å². The van der Waals surface area contributed by atoms with Crippen LogP contribution in [0.4, 0.5) is 5.95 Å². The fourth-order valence-electron chi connectivity index (χ4n) is 2.05. The minimum absolute atomic E-state index is 0.169. The number of hydrogen-bond acceptors (Lipinski definition) is 4. The van der Waals surface area contributed by atoms with Crippen molar-refractivity contribution in [1.82, 2.24) is 9.97 Å². The zero-order chi connectivity index (χ0) is 13.1. The third kappa shape index (κ3) is 2.93. The van der Waals surface area contributed by atoms with Gasteiger partial charge in [-0.05, 0) is 18.9 Å². The number of ether oxygens (including phenoxy) is 1. The number of hydrogen-bond donors (Lipinski definition) is 0. The van der Waals surface area contributed by atoms with Crippen LogP contribution in [0.5, 0.6) is 0 Å². The van der Waals surface area contributed by atoms with E-state index in [-0.39, 0.29) is 6.04 Å². The zero-order valence-corrected chi connectivity index (χ0v) is 11.9. The Bertz CT molecular complexity index is 411. The first-order valence-electron chi connectivity index (χ1n) is 6.37. The summed E-state index contributed by atoms with van der Waals surface area (Å²) in [5.74, 6) is 1.72. The van der Waals surface area contributed by atoms with E-state index in [4.69, 9.17) is 16.3 Å². The highest BCUT2D eigenvalue weighted by Gasteiger charge is 2.25. The molecule has 1 aliphatic heterocycles. The lowest BCUT2D eigenvalue weighted by atomic mass is 10.1. The maximum Gasteiger partial charge on any atom is 0.226 e. The van der Waals surface area contributed by atoms with Crippen molar-refractivity contribution < 1.29 is 4.74 Å². The molecule has 18 heavy (non-hydrogen) atoms. The molecular formula is C13H20ClN3O. The molecule has 0 aromatic carbocycles. The number of rotatable bonds is 3. The van der Waals surface area contributed by atoms with Gasteiger partial charge in [-0.2, -0.15) is 0 Å². The summed E-state index contributed by atoms with van der Waals surface area (Å²) in [7, 11) is 0. The molecule has 0 amide bonds. The van der Waals surface area contributed by atoms with E-state index in [9.17, 15) is 0 Å². The minimum atomic E-state index is 0.169. The first kappa shape index (κ1) is 13.6. The highest BCUT2D eigenvalue weighted by Crippen LogP contribution is 2.20. The third-order valence-electron chi connectivity index (χ3n) is 3.12. The second-order valence-electron chi connectivity index (χ2n) is 4.97. The van der Waals surface area contributed by atoms with E-state index >= 15 is 0 Å². The Kier molecular flexibility index (Phi) is 4.40. The first-order chi connectivity index (χ1) is 8.61. The van der Waals surface area contributed by atoms with Gasteiger partial charge in [0.1, 0.15) is 0 Å². The first-order valence-corrected chi connectivity index (χ1v) is 6.91. The van der Waals surface area contributed by atoms with E-state index in [1.54, 1.807) is 0 Å². The van der Waals surface area contributed by atoms with E-state index in [1.165, 1.54) is 0 Å². The summed E-state index contributed by atoms with van der Waals surface area (Å²) in [6.45, 7) is 8.46. The molecule has 1 aromatic heterocycles. The lowest BCUT2D eigenvalue weighted by Crippen LogP contribution is -2.47. The Hall–Kier alpha value is -0.870. The number of anilines is 1. The summed E-state index contributed by atoms with van der Waals surface area (Å²) in [6, 6.07) is 2.21. The average Bonchev–Trinajstić information content (AvgIpc) is 2.38. The molecule has 0 spiro atoms. The van der Waals surface area contributed by atoms with Crippen LogP contribution in [0, 0.1) is 6.92 Å². The smallest absolute Gasteiger partial charge is 0.226 e. The molecule has 2 heterocycles. The molecule has 1 saturated heterocycles. The van der Waals surface area contributed by atoms with Gasteiger partial charge in [-0.1, -0.05) is 13.8 Å². The zero-order valence-electron chi connectivity index (χ0n) is 11.2. The number of halogens is 1. The second-order valence-corrected chi connectivity index (χ2v) is 5.27. The fraction of sp³-hybridized carbons (Fsp3) is 0.692. The van der Waals surface area contributed by atoms with Gasteiger partial charge in [0.25, 0.3) is 0 Å². The summed E-state index contributed by atoms with van der Waals surface area (Å²) in [5.41, 5.74) is 2.08. The van der Waals surface area contributed by atoms with Gasteiger partial charge in [0.2, 0.25) is 5.95 Å². The van der Waals surface area contributed by atoms with E-state index in [1.807, 2.05) is 13.0 Å². The maximum absolute atomic E-state index is 5.99. The van der Waals surface area contributed by atoms with Crippen molar-refractivity contribution in [3.63, 3.8) is 0 Å². The van der Waals surface area contributed by atoms with E-state index in [2.05, 4.69) is 28.7 Å². The van der Waals surface area contributed by atoms with Crippen LogP contribution in [0.1, 0.15) is 31.2 Å². The van der Waals surface area contributed by atoms with Gasteiger partial charge in [-0.3, -0.25) is 0 Å². The standard InChI is InChI=1S/C13H20ClN3O/c1-9(2)12-6-10(3)15-13(16-12)17-4-5-18-8-11(17)7-14/h6,9,11H,4-5,7-8H2,1-3H3. The van der Waals surface area contributed by atoms with Gasteiger partial charge in [0.15, 0.2) is 0 Å². The SMILES string of the molecule is Cc1cc(C(C)C)nc(N2CCOCC2CCl)n1. The van der Waals surface area contributed by atoms with Gasteiger partial charge in [0, 0.05) is 23.8 Å². The molecule has 1 fully saturated rings. The van der Waals surface area contributed by atoms with Gasteiger partial charge >= 0.3 is 0 Å². The molecule has 1 unspecified atom stereocenters. The Labute approximate surface area is 113 Å². The molecule has 2 rings (SSSR count). The number of aryl methyl sites for hydroxylation is 1. The van der Waals surface area contributed by atoms with Crippen LogP contribution in [-0.4, -0.2) is 41.6 Å². The summed E-state index contributed by atoms with van der Waals surface area (Å²) >= 11 is 5.99. The monoisotopic (exact) mass is 269 g/mol. The summed E-state index contributed by atoms with van der Waals surface area (Å²) in [6.07, 6.45) is 0. The van der Waals surface area contributed by atoms with E-state index in [0.29, 0.717) is 25.0 Å². The quantitative estimate of drug-likeness (QED) is 0.790. The average molecular weight is 270 g/mol. The number of aromatic nitrogens is 2. The topological polar surface area (TPSA) is 38.2 Å². The number of morpholine rings is 1. The van der Waals surface area contributed by atoms with Crippen LogP contribution >= 0.6 is 11.6 Å². The van der Waals surface area contributed by atoms with Crippen molar-refractivity contribution in [2.75, 3.05) is 30.5 Å². The molecule has 1 atom stereocenters. The minimum Gasteiger partial charge on any atom is -0.377 e. The second kappa shape index (κ2) is 5.85. The molecular weight excluding hydrogens is 250 g/mol. The van der Waals surface area contributed by atoms with Crippen LogP contribution in [0.15, 0.2) is 6.07 Å². The summed E-state index contributed by atoms with van der Waals surface area (Å²) in [4.78, 5) is 11.4. The predicted molar refractivity (Wildman–Crippen MR) is 73.5 cm³/mol. The van der Waals surface area contributed by atoms with E-state index < -0.39 is 0 Å². The van der Waals surface area contributed by atoms with Crippen molar-refractivity contribution in [1.29, 1.82) is 0 Å². The van der Waals surface area contributed by atoms with Crippen molar-refractivity contribution in [3.05, 3.63) is 17.5 Å². The number of nitrogens with zero attached hydrogens (tertiary/aromatic N) is 3. The molecule has 4 nitrogen and oxygen atoms in total. The summed E-state index contributed by atoms with van der Waals surface area (Å²) < 4.78 is 5.45. The molecule has 1 aliphatic rings. The molecule has 0 aliphatic carbocycles. The molecule has 100 valence electrons. The normalized spacial score (nSPS) is 20.5. The Morgan fingerprint density at radius 3 is 2.94 bits per heavy atom. The lowest BCUT2D eigenvalue weighted by Gasteiger charge is -2.34. The molecule has 5 heteroatoms. The van der Waals surface area contributed by atoms with Crippen molar-refractivity contribution in [2.45, 2.75) is 32.7 Å². The molecule has 0 radical (unpaired) electrons. The third-order valence-corrected chi connectivity index (χ3v) is 3.47. The van der Waals surface area contributed by atoms with Crippen molar-refractivity contribution >= 4 is 17.5 Å². The molecule has 0 N–H and O–H groups in total. The van der Waals surface area contributed by atoms with E-state index in [0.717, 1.165) is 23.9 Å². The van der Waals surface area contributed by atoms with Crippen LogP contribution < -0.4 is 4.90 Å². The van der Waals surface area contributed by atoms with Gasteiger partial charge in [-0.25, -0.2) is 9.97 Å². The molecule has 0 saturated carbocycles.